The molecule has 1 heterocycles. The summed E-state index contributed by atoms with van der Waals surface area (Å²) < 4.78 is 15.2. The monoisotopic (exact) mass is 371 g/mol. The third-order valence-electron chi connectivity index (χ3n) is 6.61. The number of ether oxygens (including phenoxy) is 3. The average molecular weight is 371 g/mol. The SMILES string of the molecule is COC(=O)C1=C(C)N(C(=O)OC)C2(C)C3c4ccccc4C1[C@]32C(=O)OC. The van der Waals surface area contributed by atoms with Gasteiger partial charge in [-0.2, -0.15) is 0 Å². The zero-order valence-electron chi connectivity index (χ0n) is 15.9. The fraction of sp³-hybridized carbons (Fsp3) is 0.450. The molecule has 0 bridgehead atoms. The van der Waals surface area contributed by atoms with Crippen molar-refractivity contribution in [2.24, 2.45) is 5.41 Å². The van der Waals surface area contributed by atoms with Gasteiger partial charge < -0.3 is 14.2 Å². The quantitative estimate of drug-likeness (QED) is 0.586. The molecule has 3 unspecified atom stereocenters. The molecule has 0 aromatic heterocycles. The second kappa shape index (κ2) is 5.34. The molecule has 4 atom stereocenters. The van der Waals surface area contributed by atoms with Crippen molar-refractivity contribution in [1.29, 1.82) is 0 Å². The molecule has 1 fully saturated rings. The smallest absolute Gasteiger partial charge is 0.414 e. The first kappa shape index (κ1) is 17.6. The third-order valence-corrected chi connectivity index (χ3v) is 6.61. The first-order valence-electron chi connectivity index (χ1n) is 8.68. The maximum Gasteiger partial charge on any atom is 0.414 e. The van der Waals surface area contributed by atoms with Crippen LogP contribution in [0.25, 0.3) is 0 Å². The van der Waals surface area contributed by atoms with Crippen LogP contribution >= 0.6 is 0 Å². The van der Waals surface area contributed by atoms with Crippen molar-refractivity contribution >= 4 is 18.0 Å². The highest BCUT2D eigenvalue weighted by Crippen LogP contribution is 2.84. The Labute approximate surface area is 156 Å². The zero-order chi connectivity index (χ0) is 19.7. The lowest BCUT2D eigenvalue weighted by molar-refractivity contribution is -0.150. The molecule has 2 aliphatic carbocycles. The summed E-state index contributed by atoms with van der Waals surface area (Å²) in [6, 6.07) is 7.62. The van der Waals surface area contributed by atoms with Gasteiger partial charge in [0.2, 0.25) is 0 Å². The normalized spacial score (nSPS) is 32.4. The summed E-state index contributed by atoms with van der Waals surface area (Å²) in [5.41, 5.74) is 0.611. The Morgan fingerprint density at radius 1 is 1.00 bits per heavy atom. The zero-order valence-corrected chi connectivity index (χ0v) is 15.9. The van der Waals surface area contributed by atoms with Gasteiger partial charge >= 0.3 is 18.0 Å². The molecule has 1 aromatic rings. The molecule has 3 aliphatic rings. The summed E-state index contributed by atoms with van der Waals surface area (Å²) >= 11 is 0. The van der Waals surface area contributed by atoms with Crippen LogP contribution in [0.5, 0.6) is 0 Å². The number of esters is 2. The Kier molecular flexibility index (Phi) is 3.48. The predicted octanol–water partition coefficient (Wildman–Crippen LogP) is 2.33. The molecule has 27 heavy (non-hydrogen) atoms. The maximum atomic E-state index is 13.1. The largest absolute Gasteiger partial charge is 0.468 e. The topological polar surface area (TPSA) is 82.1 Å². The van der Waals surface area contributed by atoms with Crippen molar-refractivity contribution in [1.82, 2.24) is 4.90 Å². The van der Waals surface area contributed by atoms with Crippen molar-refractivity contribution < 1.29 is 28.6 Å². The highest BCUT2D eigenvalue weighted by atomic mass is 16.5. The molecular formula is C20H21NO6. The second-order valence-electron chi connectivity index (χ2n) is 7.30. The standard InChI is InChI=1S/C20H21NO6/c1-10-13(16(22)25-3)14-11-8-6-7-9-12(11)15-19(2,21(10)18(24)27-5)20(14,15)17(23)26-4/h6-9,14-15H,1-5H3/t14?,15?,19?,20-/m1/s1. The predicted molar refractivity (Wildman–Crippen MR) is 93.7 cm³/mol. The van der Waals surface area contributed by atoms with E-state index in [1.807, 2.05) is 31.2 Å². The molecule has 0 spiro atoms. The van der Waals surface area contributed by atoms with Crippen LogP contribution in [0.2, 0.25) is 0 Å². The van der Waals surface area contributed by atoms with Crippen LogP contribution in [0.4, 0.5) is 4.79 Å². The number of carbonyl (C=O) groups is 3. The van der Waals surface area contributed by atoms with E-state index in [1.54, 1.807) is 6.92 Å². The number of hydrogen-bond acceptors (Lipinski definition) is 6. The fourth-order valence-electron chi connectivity index (χ4n) is 5.70. The number of benzene rings is 1. The molecule has 0 N–H and O–H groups in total. The second-order valence-corrected chi connectivity index (χ2v) is 7.30. The molecular weight excluding hydrogens is 350 g/mol. The van der Waals surface area contributed by atoms with Gasteiger partial charge in [0.25, 0.3) is 0 Å². The van der Waals surface area contributed by atoms with Gasteiger partial charge in [0.05, 0.1) is 32.4 Å². The van der Waals surface area contributed by atoms with Crippen molar-refractivity contribution in [3.63, 3.8) is 0 Å². The molecule has 1 saturated carbocycles. The Morgan fingerprint density at radius 3 is 2.19 bits per heavy atom. The van der Waals surface area contributed by atoms with E-state index < -0.39 is 34.9 Å². The van der Waals surface area contributed by atoms with Crippen LogP contribution < -0.4 is 0 Å². The minimum Gasteiger partial charge on any atom is -0.468 e. The molecule has 0 radical (unpaired) electrons. The Balaban J connectivity index is 2.08. The van der Waals surface area contributed by atoms with Gasteiger partial charge in [0.15, 0.2) is 0 Å². The molecule has 142 valence electrons. The van der Waals surface area contributed by atoms with Gasteiger partial charge in [-0.25, -0.2) is 9.59 Å². The Hall–Kier alpha value is -2.83. The molecule has 0 saturated heterocycles. The van der Waals surface area contributed by atoms with Gasteiger partial charge in [-0.05, 0) is 25.0 Å². The fourth-order valence-corrected chi connectivity index (χ4v) is 5.70. The number of carbonyl (C=O) groups excluding carboxylic acids is 3. The number of fused-ring (bicyclic) bond motifs is 4. The lowest BCUT2D eigenvalue weighted by atomic mass is 9.73. The van der Waals surface area contributed by atoms with Crippen molar-refractivity contribution in [2.75, 3.05) is 21.3 Å². The van der Waals surface area contributed by atoms with Crippen LogP contribution in [0.1, 0.15) is 36.8 Å². The van der Waals surface area contributed by atoms with Crippen LogP contribution in [-0.2, 0) is 23.8 Å². The van der Waals surface area contributed by atoms with E-state index in [-0.39, 0.29) is 5.92 Å². The minimum absolute atomic E-state index is 0.290. The molecule has 1 aromatic carbocycles. The number of rotatable bonds is 2. The number of amides is 1. The van der Waals surface area contributed by atoms with E-state index in [9.17, 15) is 14.4 Å². The summed E-state index contributed by atoms with van der Waals surface area (Å²) in [5, 5.41) is 0. The number of hydrogen-bond donors (Lipinski definition) is 0. The minimum atomic E-state index is -1.08. The van der Waals surface area contributed by atoms with E-state index in [0.717, 1.165) is 11.1 Å². The van der Waals surface area contributed by atoms with E-state index in [0.29, 0.717) is 11.3 Å². The van der Waals surface area contributed by atoms with E-state index >= 15 is 0 Å². The summed E-state index contributed by atoms with van der Waals surface area (Å²) in [4.78, 5) is 40.0. The average Bonchev–Trinajstić information content (AvgIpc) is 3.09. The van der Waals surface area contributed by atoms with Gasteiger partial charge in [-0.15, -0.1) is 0 Å². The van der Waals surface area contributed by atoms with Crippen molar-refractivity contribution in [3.8, 4) is 0 Å². The lowest BCUT2D eigenvalue weighted by Gasteiger charge is -2.43. The van der Waals surface area contributed by atoms with Crippen molar-refractivity contribution in [3.05, 3.63) is 46.7 Å². The van der Waals surface area contributed by atoms with Crippen LogP contribution in [0.15, 0.2) is 35.5 Å². The van der Waals surface area contributed by atoms with Crippen LogP contribution in [0, 0.1) is 5.41 Å². The van der Waals surface area contributed by atoms with Crippen molar-refractivity contribution in [2.45, 2.75) is 31.2 Å². The molecule has 1 amide bonds. The van der Waals surface area contributed by atoms with Crippen LogP contribution in [-0.4, -0.2) is 49.8 Å². The Bertz CT molecular complexity index is 921. The highest BCUT2D eigenvalue weighted by Gasteiger charge is 2.90. The summed E-state index contributed by atoms with van der Waals surface area (Å²) in [6.07, 6.45) is -0.620. The molecule has 1 aliphatic heterocycles. The lowest BCUT2D eigenvalue weighted by Crippen LogP contribution is -2.52. The Morgan fingerprint density at radius 2 is 1.63 bits per heavy atom. The number of nitrogens with zero attached hydrogens (tertiary/aromatic N) is 1. The van der Waals surface area contributed by atoms with Gasteiger partial charge in [-0.3, -0.25) is 9.69 Å². The highest BCUT2D eigenvalue weighted by molar-refractivity contribution is 6.01. The first-order valence-corrected chi connectivity index (χ1v) is 8.68. The summed E-state index contributed by atoms with van der Waals surface area (Å²) in [5.74, 6) is -1.85. The van der Waals surface area contributed by atoms with Gasteiger partial charge in [0, 0.05) is 17.5 Å². The number of allylic oxidation sites excluding steroid dienone is 1. The molecule has 7 heteroatoms. The molecule has 7 nitrogen and oxygen atoms in total. The summed E-state index contributed by atoms with van der Waals surface area (Å²) in [7, 11) is 3.89. The number of methoxy groups -OCH3 is 3. The van der Waals surface area contributed by atoms with E-state index in [4.69, 9.17) is 14.2 Å². The first-order chi connectivity index (χ1) is 12.8. The van der Waals surface area contributed by atoms with E-state index in [1.165, 1.54) is 26.2 Å². The van der Waals surface area contributed by atoms with E-state index in [2.05, 4.69) is 0 Å². The molecule has 4 rings (SSSR count). The maximum absolute atomic E-state index is 13.1. The van der Waals surface area contributed by atoms with Gasteiger partial charge in [0.1, 0.15) is 5.41 Å². The van der Waals surface area contributed by atoms with Gasteiger partial charge in [-0.1, -0.05) is 24.3 Å². The van der Waals surface area contributed by atoms with Crippen LogP contribution in [0.3, 0.4) is 0 Å². The summed E-state index contributed by atoms with van der Waals surface area (Å²) in [6.45, 7) is 3.54. The third kappa shape index (κ3) is 1.66.